The van der Waals surface area contributed by atoms with Gasteiger partial charge in [-0.25, -0.2) is 14.4 Å². The molecule has 3 aromatic rings. The molecular formula is C35H41ClFN5O2. The van der Waals surface area contributed by atoms with Gasteiger partial charge in [0.15, 0.2) is 0 Å². The van der Waals surface area contributed by atoms with Crippen LogP contribution in [0.5, 0.6) is 5.75 Å². The first kappa shape index (κ1) is 29.5. The summed E-state index contributed by atoms with van der Waals surface area (Å²) < 4.78 is 20.2. The first-order valence-corrected chi connectivity index (χ1v) is 16.6. The van der Waals surface area contributed by atoms with Crippen molar-refractivity contribution in [2.75, 3.05) is 36.9 Å². The number of anilines is 3. The molecule has 1 spiro atoms. The largest absolute Gasteiger partial charge is 0.491 e. The van der Waals surface area contributed by atoms with Gasteiger partial charge in [0, 0.05) is 42.9 Å². The normalized spacial score (nSPS) is 23.2. The summed E-state index contributed by atoms with van der Waals surface area (Å²) in [6.45, 7) is 3.67. The van der Waals surface area contributed by atoms with Crippen LogP contribution in [0.1, 0.15) is 64.2 Å². The van der Waals surface area contributed by atoms with Crippen LogP contribution in [0, 0.1) is 29.0 Å². The Morgan fingerprint density at radius 3 is 2.64 bits per heavy atom. The van der Waals surface area contributed by atoms with Crippen LogP contribution in [-0.4, -0.2) is 47.0 Å². The Kier molecular flexibility index (Phi) is 8.47. The monoisotopic (exact) mass is 617 g/mol. The van der Waals surface area contributed by atoms with E-state index in [1.54, 1.807) is 12.1 Å². The summed E-state index contributed by atoms with van der Waals surface area (Å²) in [6, 6.07) is 8.16. The minimum absolute atomic E-state index is 0.0203. The molecule has 2 unspecified atom stereocenters. The lowest BCUT2D eigenvalue weighted by Crippen LogP contribution is -2.41. The quantitative estimate of drug-likeness (QED) is 0.236. The van der Waals surface area contributed by atoms with Gasteiger partial charge in [-0.3, -0.25) is 9.69 Å². The number of hydrogen-bond donors (Lipinski definition) is 2. The van der Waals surface area contributed by atoms with E-state index in [0.29, 0.717) is 51.8 Å². The summed E-state index contributed by atoms with van der Waals surface area (Å²) in [7, 11) is 0. The summed E-state index contributed by atoms with van der Waals surface area (Å²) in [5, 5.41) is 7.01. The van der Waals surface area contributed by atoms with Gasteiger partial charge in [-0.1, -0.05) is 43.4 Å². The molecule has 1 aromatic heterocycles. The molecule has 232 valence electrons. The number of amides is 1. The van der Waals surface area contributed by atoms with Crippen molar-refractivity contribution in [3.8, 4) is 5.75 Å². The molecule has 3 aliphatic carbocycles. The van der Waals surface area contributed by atoms with E-state index in [0.717, 1.165) is 31.5 Å². The second kappa shape index (κ2) is 12.6. The zero-order chi connectivity index (χ0) is 30.1. The van der Waals surface area contributed by atoms with Gasteiger partial charge in [0.25, 0.3) is 0 Å². The molecule has 1 saturated heterocycles. The Bertz CT molecular complexity index is 1540. The first-order valence-electron chi connectivity index (χ1n) is 16.3. The van der Waals surface area contributed by atoms with Gasteiger partial charge >= 0.3 is 0 Å². The number of rotatable bonds is 9. The minimum atomic E-state index is -0.488. The highest BCUT2D eigenvalue weighted by Crippen LogP contribution is 2.55. The molecule has 44 heavy (non-hydrogen) atoms. The third kappa shape index (κ3) is 6.43. The number of ether oxygens (including phenoxy) is 1. The molecule has 2 N–H and O–H groups in total. The van der Waals surface area contributed by atoms with E-state index in [1.807, 2.05) is 18.2 Å². The molecule has 3 saturated carbocycles. The lowest BCUT2D eigenvalue weighted by Gasteiger charge is -2.50. The lowest BCUT2D eigenvalue weighted by atomic mass is 9.56. The zero-order valence-electron chi connectivity index (χ0n) is 25.2. The maximum Gasteiger partial charge on any atom is 0.248 e. The Morgan fingerprint density at radius 2 is 1.86 bits per heavy atom. The van der Waals surface area contributed by atoms with Gasteiger partial charge in [-0.2, -0.15) is 0 Å². The van der Waals surface area contributed by atoms with E-state index in [9.17, 15) is 9.18 Å². The molecule has 0 bridgehead atoms. The van der Waals surface area contributed by atoms with Crippen LogP contribution >= 0.6 is 11.6 Å². The summed E-state index contributed by atoms with van der Waals surface area (Å²) in [5.41, 5.74) is 2.38. The maximum absolute atomic E-state index is 13.8. The Labute approximate surface area is 263 Å². The van der Waals surface area contributed by atoms with E-state index in [4.69, 9.17) is 16.3 Å². The van der Waals surface area contributed by atoms with Crippen molar-refractivity contribution >= 4 is 45.6 Å². The van der Waals surface area contributed by atoms with Crippen LogP contribution in [0.2, 0.25) is 5.02 Å². The average molecular weight is 618 g/mol. The number of carbonyl (C=O) groups excluding carboxylic acids is 1. The van der Waals surface area contributed by atoms with Crippen molar-refractivity contribution in [3.63, 3.8) is 0 Å². The molecule has 7 nitrogen and oxygen atoms in total. The van der Waals surface area contributed by atoms with Gasteiger partial charge in [-0.05, 0) is 86.0 Å². The number of carbonyl (C=O) groups is 1. The summed E-state index contributed by atoms with van der Waals surface area (Å²) in [6.07, 6.45) is 18.3. The van der Waals surface area contributed by atoms with Crippen LogP contribution < -0.4 is 15.4 Å². The Morgan fingerprint density at radius 1 is 1.07 bits per heavy atom. The molecule has 2 aromatic carbocycles. The van der Waals surface area contributed by atoms with Crippen LogP contribution in [0.4, 0.5) is 21.6 Å². The van der Waals surface area contributed by atoms with Crippen molar-refractivity contribution in [2.24, 2.45) is 23.2 Å². The fourth-order valence-electron chi connectivity index (χ4n) is 8.28. The fourth-order valence-corrected chi connectivity index (χ4v) is 8.46. The smallest absolute Gasteiger partial charge is 0.248 e. The molecule has 4 fully saturated rings. The van der Waals surface area contributed by atoms with Crippen molar-refractivity contribution in [2.45, 2.75) is 64.2 Å². The predicted molar refractivity (Wildman–Crippen MR) is 173 cm³/mol. The zero-order valence-corrected chi connectivity index (χ0v) is 25.9. The molecule has 4 aliphatic rings. The molecule has 9 heteroatoms. The molecule has 7 rings (SSSR count). The molecule has 0 radical (unpaired) electrons. The van der Waals surface area contributed by atoms with Crippen molar-refractivity contribution < 1.29 is 13.9 Å². The molecule has 1 aliphatic heterocycles. The number of nitrogens with zero attached hydrogens (tertiary/aromatic N) is 3. The lowest BCUT2D eigenvalue weighted by molar-refractivity contribution is -0.111. The predicted octanol–water partition coefficient (Wildman–Crippen LogP) is 8.13. The van der Waals surface area contributed by atoms with E-state index in [1.165, 1.54) is 82.7 Å². The highest BCUT2D eigenvalue weighted by atomic mass is 35.5. The highest BCUT2D eigenvalue weighted by molar-refractivity contribution is 6.31. The Balaban J connectivity index is 1.08. The second-order valence-corrected chi connectivity index (χ2v) is 14.0. The summed E-state index contributed by atoms with van der Waals surface area (Å²) in [5.74, 6) is 2.62. The van der Waals surface area contributed by atoms with Crippen molar-refractivity contribution in [1.29, 1.82) is 0 Å². The number of fused-ring (bicyclic) bond motifs is 2. The van der Waals surface area contributed by atoms with Gasteiger partial charge < -0.3 is 15.4 Å². The van der Waals surface area contributed by atoms with Crippen LogP contribution in [0.25, 0.3) is 10.9 Å². The molecule has 2 atom stereocenters. The highest BCUT2D eigenvalue weighted by Gasteiger charge is 2.44. The molecule has 2 heterocycles. The standard InChI is InChI=1S/C35H41ClFN5O2/c36-28-14-26(9-10-29(28)37)40-34-27-15-31(41-33(43)8-5-13-42-19-24-6-4-7-25(24)20-42)32(16-30(27)38-22-39-34)44-21-23-17-35(18-23)11-2-1-3-12-35/h5,8-10,14-16,22-25H,1-4,6-7,11-13,17-21H2,(H,41,43)(H,38,39,40)/b8-5+. The number of hydrogen-bond acceptors (Lipinski definition) is 6. The third-order valence-electron chi connectivity index (χ3n) is 10.4. The number of nitrogens with one attached hydrogen (secondary N) is 2. The minimum Gasteiger partial charge on any atom is -0.491 e. The number of likely N-dealkylation sites (tertiary alicyclic amines) is 1. The summed E-state index contributed by atoms with van der Waals surface area (Å²) >= 11 is 6.01. The third-order valence-corrected chi connectivity index (χ3v) is 10.7. The van der Waals surface area contributed by atoms with E-state index >= 15 is 0 Å². The van der Waals surface area contributed by atoms with Gasteiger partial charge in [-0.15, -0.1) is 0 Å². The van der Waals surface area contributed by atoms with E-state index in [2.05, 4.69) is 25.5 Å². The van der Waals surface area contributed by atoms with E-state index in [-0.39, 0.29) is 10.9 Å². The van der Waals surface area contributed by atoms with Gasteiger partial charge in [0.05, 0.1) is 22.8 Å². The maximum atomic E-state index is 13.8. The summed E-state index contributed by atoms with van der Waals surface area (Å²) in [4.78, 5) is 24.5. The second-order valence-electron chi connectivity index (χ2n) is 13.5. The van der Waals surface area contributed by atoms with Crippen LogP contribution in [0.3, 0.4) is 0 Å². The van der Waals surface area contributed by atoms with E-state index < -0.39 is 5.82 Å². The average Bonchev–Trinajstić information content (AvgIpc) is 3.60. The van der Waals surface area contributed by atoms with Crippen molar-refractivity contribution in [3.05, 3.63) is 59.7 Å². The van der Waals surface area contributed by atoms with Crippen molar-refractivity contribution in [1.82, 2.24) is 14.9 Å². The van der Waals surface area contributed by atoms with Gasteiger partial charge in [0.1, 0.15) is 23.7 Å². The van der Waals surface area contributed by atoms with Crippen LogP contribution in [-0.2, 0) is 4.79 Å². The topological polar surface area (TPSA) is 79.4 Å². The number of benzene rings is 2. The molecular weight excluding hydrogens is 577 g/mol. The SMILES string of the molecule is O=C(/C=C/CN1CC2CCCC2C1)Nc1cc2c(Nc3ccc(F)c(Cl)c3)ncnc2cc1OCC1CC2(CCCCC2)C1. The number of halogens is 2. The molecule has 1 amide bonds. The van der Waals surface area contributed by atoms with Gasteiger partial charge in [0.2, 0.25) is 5.91 Å². The number of aromatic nitrogens is 2. The first-order chi connectivity index (χ1) is 21.4. The fraction of sp³-hybridized carbons (Fsp3) is 0.514. The van der Waals surface area contributed by atoms with Crippen LogP contribution in [0.15, 0.2) is 48.8 Å². The Hall–Kier alpha value is -3.23.